The van der Waals surface area contributed by atoms with Gasteiger partial charge in [-0.2, -0.15) is 0 Å². The first kappa shape index (κ1) is 7.77. The van der Waals surface area contributed by atoms with Crippen LogP contribution in [0.2, 0.25) is 0 Å². The largest absolute Gasteiger partial charge is 0.212 e. The average molecular weight is 142 g/mol. The molecule has 0 amide bonds. The highest BCUT2D eigenvalue weighted by Crippen LogP contribution is 2.38. The summed E-state index contributed by atoms with van der Waals surface area (Å²) in [4.78, 5) is 0. The number of rotatable bonds is 0. The van der Waals surface area contributed by atoms with Gasteiger partial charge >= 0.3 is 0 Å². The van der Waals surface area contributed by atoms with Gasteiger partial charge in [0.2, 0.25) is 0 Å². The van der Waals surface area contributed by atoms with Crippen LogP contribution in [-0.4, -0.2) is 0 Å². The normalized spacial score (nSPS) is 31.6. The Kier molecular flexibility index (Phi) is 1.84. The Morgan fingerprint density at radius 2 is 2.20 bits per heavy atom. The predicted octanol–water partition coefficient (Wildman–Crippen LogP) is 3.30. The third-order valence-corrected chi connectivity index (χ3v) is 2.61. The van der Waals surface area contributed by atoms with Gasteiger partial charge in [0.25, 0.3) is 0 Å². The van der Waals surface area contributed by atoms with Crippen LogP contribution in [0.15, 0.2) is 11.9 Å². The molecule has 0 radical (unpaired) electrons. The molecule has 1 heteroatoms. The van der Waals surface area contributed by atoms with Crippen LogP contribution in [-0.2, 0) is 0 Å². The van der Waals surface area contributed by atoms with Crippen LogP contribution in [0.4, 0.5) is 4.39 Å². The van der Waals surface area contributed by atoms with Crippen molar-refractivity contribution in [3.05, 3.63) is 11.9 Å². The van der Waals surface area contributed by atoms with Gasteiger partial charge in [-0.05, 0) is 30.3 Å². The van der Waals surface area contributed by atoms with Crippen LogP contribution in [0.1, 0.15) is 33.6 Å². The highest BCUT2D eigenvalue weighted by atomic mass is 19.1. The number of hydrogen-bond acceptors (Lipinski definition) is 0. The fourth-order valence-electron chi connectivity index (χ4n) is 1.34. The second kappa shape index (κ2) is 2.37. The van der Waals surface area contributed by atoms with Crippen molar-refractivity contribution in [1.29, 1.82) is 0 Å². The van der Waals surface area contributed by atoms with Crippen molar-refractivity contribution in [3.8, 4) is 0 Å². The Labute approximate surface area is 62.1 Å². The zero-order valence-corrected chi connectivity index (χ0v) is 6.95. The lowest BCUT2D eigenvalue weighted by Crippen LogP contribution is -2.22. The van der Waals surface area contributed by atoms with Gasteiger partial charge in [0.1, 0.15) is 0 Å². The summed E-state index contributed by atoms with van der Waals surface area (Å²) in [6.07, 6.45) is 3.40. The molecule has 0 bridgehead atoms. The molecule has 58 valence electrons. The van der Waals surface area contributed by atoms with Crippen molar-refractivity contribution in [3.63, 3.8) is 0 Å². The van der Waals surface area contributed by atoms with E-state index in [-0.39, 0.29) is 11.2 Å². The van der Waals surface area contributed by atoms with Gasteiger partial charge < -0.3 is 0 Å². The number of hydrogen-bond donors (Lipinski definition) is 0. The molecule has 1 unspecified atom stereocenters. The van der Waals surface area contributed by atoms with E-state index in [1.807, 2.05) is 0 Å². The lowest BCUT2D eigenvalue weighted by molar-refractivity contribution is 0.255. The zero-order valence-electron chi connectivity index (χ0n) is 6.95. The monoisotopic (exact) mass is 142 g/mol. The van der Waals surface area contributed by atoms with Gasteiger partial charge in [-0.1, -0.05) is 20.8 Å². The Balaban J connectivity index is 2.79. The Hall–Kier alpha value is -0.330. The minimum Gasteiger partial charge on any atom is -0.212 e. The topological polar surface area (TPSA) is 0 Å². The van der Waals surface area contributed by atoms with E-state index in [0.717, 1.165) is 6.42 Å². The van der Waals surface area contributed by atoms with Crippen LogP contribution in [0.5, 0.6) is 0 Å². The molecule has 0 saturated carbocycles. The van der Waals surface area contributed by atoms with Crippen molar-refractivity contribution in [2.45, 2.75) is 33.6 Å². The highest BCUT2D eigenvalue weighted by Gasteiger charge is 2.27. The minimum atomic E-state index is 0.0718. The van der Waals surface area contributed by atoms with Crippen LogP contribution in [0.3, 0.4) is 0 Å². The summed E-state index contributed by atoms with van der Waals surface area (Å²) in [5, 5.41) is 0. The molecule has 0 fully saturated rings. The standard InChI is InChI=1S/C9H15F/c1-7-4-5-8(10)6-9(7,2)3/h6-7H,4-5H2,1-3H3. The molecule has 1 rings (SSSR count). The maximum absolute atomic E-state index is 12.7. The van der Waals surface area contributed by atoms with E-state index in [1.54, 1.807) is 6.08 Å². The molecule has 0 aliphatic heterocycles. The molecule has 10 heavy (non-hydrogen) atoms. The predicted molar refractivity (Wildman–Crippen MR) is 41.4 cm³/mol. The van der Waals surface area contributed by atoms with Gasteiger partial charge in [0.15, 0.2) is 0 Å². The molecule has 0 heterocycles. The van der Waals surface area contributed by atoms with Crippen LogP contribution < -0.4 is 0 Å². The quantitative estimate of drug-likeness (QED) is 0.487. The van der Waals surface area contributed by atoms with Gasteiger partial charge in [-0.15, -0.1) is 0 Å². The Morgan fingerprint density at radius 3 is 2.60 bits per heavy atom. The summed E-state index contributed by atoms with van der Waals surface area (Å²) >= 11 is 0. The summed E-state index contributed by atoms with van der Waals surface area (Å²) in [6, 6.07) is 0. The molecule has 0 aromatic heterocycles. The van der Waals surface area contributed by atoms with Gasteiger partial charge in [-0.3, -0.25) is 0 Å². The third-order valence-electron chi connectivity index (χ3n) is 2.61. The van der Waals surface area contributed by atoms with E-state index < -0.39 is 0 Å². The molecule has 0 saturated heterocycles. The van der Waals surface area contributed by atoms with Gasteiger partial charge in [0.05, 0.1) is 5.83 Å². The summed E-state index contributed by atoms with van der Waals surface area (Å²) in [7, 11) is 0. The first-order valence-corrected chi connectivity index (χ1v) is 3.89. The smallest absolute Gasteiger partial charge is 0.0965 e. The van der Waals surface area contributed by atoms with E-state index >= 15 is 0 Å². The van der Waals surface area contributed by atoms with Crippen molar-refractivity contribution in [2.24, 2.45) is 11.3 Å². The molecule has 0 aromatic rings. The Bertz CT molecular complexity index is 156. The van der Waals surface area contributed by atoms with Crippen molar-refractivity contribution < 1.29 is 4.39 Å². The summed E-state index contributed by atoms with van der Waals surface area (Å²) in [6.45, 7) is 6.37. The van der Waals surface area contributed by atoms with Crippen molar-refractivity contribution >= 4 is 0 Å². The number of allylic oxidation sites excluding steroid dienone is 2. The van der Waals surface area contributed by atoms with Crippen LogP contribution in [0.25, 0.3) is 0 Å². The molecule has 1 atom stereocenters. The first-order chi connectivity index (χ1) is 4.52. The molecular weight excluding hydrogens is 127 g/mol. The molecule has 0 aromatic carbocycles. The van der Waals surface area contributed by atoms with Gasteiger partial charge in [0, 0.05) is 0 Å². The van der Waals surface area contributed by atoms with Crippen molar-refractivity contribution in [2.75, 3.05) is 0 Å². The van der Waals surface area contributed by atoms with E-state index in [9.17, 15) is 4.39 Å². The molecule has 1 aliphatic carbocycles. The lowest BCUT2D eigenvalue weighted by atomic mass is 9.74. The maximum atomic E-state index is 12.7. The van der Waals surface area contributed by atoms with E-state index in [4.69, 9.17) is 0 Å². The minimum absolute atomic E-state index is 0.0718. The van der Waals surface area contributed by atoms with Gasteiger partial charge in [-0.25, -0.2) is 4.39 Å². The molecule has 0 N–H and O–H groups in total. The van der Waals surface area contributed by atoms with Crippen LogP contribution in [0, 0.1) is 11.3 Å². The SMILES string of the molecule is CC1CCC(F)=CC1(C)C. The summed E-state index contributed by atoms with van der Waals surface area (Å²) < 4.78 is 12.7. The fourth-order valence-corrected chi connectivity index (χ4v) is 1.34. The number of halogens is 1. The second-order valence-corrected chi connectivity index (χ2v) is 3.85. The van der Waals surface area contributed by atoms with E-state index in [2.05, 4.69) is 20.8 Å². The van der Waals surface area contributed by atoms with Crippen molar-refractivity contribution in [1.82, 2.24) is 0 Å². The van der Waals surface area contributed by atoms with E-state index in [0.29, 0.717) is 12.3 Å². The fraction of sp³-hybridized carbons (Fsp3) is 0.778. The third kappa shape index (κ3) is 1.39. The maximum Gasteiger partial charge on any atom is 0.0965 e. The highest BCUT2D eigenvalue weighted by molar-refractivity contribution is 5.07. The first-order valence-electron chi connectivity index (χ1n) is 3.89. The molecule has 0 spiro atoms. The van der Waals surface area contributed by atoms with E-state index in [1.165, 1.54) is 0 Å². The lowest BCUT2D eigenvalue weighted by Gasteiger charge is -2.32. The second-order valence-electron chi connectivity index (χ2n) is 3.85. The summed E-state index contributed by atoms with van der Waals surface area (Å²) in [5.41, 5.74) is 0.0718. The average Bonchev–Trinajstić information content (AvgIpc) is 1.78. The molecule has 0 nitrogen and oxygen atoms in total. The zero-order chi connectivity index (χ0) is 7.78. The summed E-state index contributed by atoms with van der Waals surface area (Å²) in [5.74, 6) is 0.690. The molecular formula is C9H15F. The molecule has 1 aliphatic rings. The van der Waals surface area contributed by atoms with Crippen LogP contribution >= 0.6 is 0 Å². The Morgan fingerprint density at radius 1 is 1.60 bits per heavy atom.